The molecule has 1 amide bonds. The summed E-state index contributed by atoms with van der Waals surface area (Å²) in [4.78, 5) is 26.3. The van der Waals surface area contributed by atoms with Crippen LogP contribution in [0.2, 0.25) is 0 Å². The van der Waals surface area contributed by atoms with Crippen molar-refractivity contribution >= 4 is 12.1 Å². The number of pyridine rings is 1. The summed E-state index contributed by atoms with van der Waals surface area (Å²) in [6.07, 6.45) is 4.08. The highest BCUT2D eigenvalue weighted by molar-refractivity contribution is 5.85. The SMILES string of the molecule is NC(=O)OC(=O)CCc1[nH]ncc1-c1ccncc1-c1ccc(F)cc1. The van der Waals surface area contributed by atoms with E-state index in [1.165, 1.54) is 12.1 Å². The van der Waals surface area contributed by atoms with Crippen LogP contribution in [0.5, 0.6) is 0 Å². The minimum Gasteiger partial charge on any atom is -0.376 e. The van der Waals surface area contributed by atoms with Gasteiger partial charge in [-0.05, 0) is 29.3 Å². The predicted molar refractivity (Wildman–Crippen MR) is 91.2 cm³/mol. The summed E-state index contributed by atoms with van der Waals surface area (Å²) in [6.45, 7) is 0. The maximum absolute atomic E-state index is 13.2. The quantitative estimate of drug-likeness (QED) is 0.541. The molecule has 1 aromatic carbocycles. The number of aromatic amines is 1. The summed E-state index contributed by atoms with van der Waals surface area (Å²) in [5, 5.41) is 6.88. The number of aryl methyl sites for hydroxylation is 1. The Hall–Kier alpha value is -3.55. The van der Waals surface area contributed by atoms with E-state index in [0.29, 0.717) is 5.69 Å². The van der Waals surface area contributed by atoms with Gasteiger partial charge in [-0.15, -0.1) is 0 Å². The molecule has 26 heavy (non-hydrogen) atoms. The number of hydrogen-bond donors (Lipinski definition) is 2. The lowest BCUT2D eigenvalue weighted by Crippen LogP contribution is -2.18. The summed E-state index contributed by atoms with van der Waals surface area (Å²) in [6, 6.07) is 7.90. The number of nitrogens with two attached hydrogens (primary N) is 1. The number of esters is 1. The first-order valence-electron chi connectivity index (χ1n) is 7.77. The largest absolute Gasteiger partial charge is 0.412 e. The van der Waals surface area contributed by atoms with Crippen LogP contribution in [0.1, 0.15) is 12.1 Å². The van der Waals surface area contributed by atoms with Gasteiger partial charge in [-0.1, -0.05) is 12.1 Å². The number of nitrogens with one attached hydrogen (secondary N) is 1. The molecular weight excluding hydrogens is 339 g/mol. The van der Waals surface area contributed by atoms with E-state index >= 15 is 0 Å². The molecule has 2 heterocycles. The fourth-order valence-corrected chi connectivity index (χ4v) is 2.61. The molecule has 3 aromatic rings. The minimum atomic E-state index is -1.13. The van der Waals surface area contributed by atoms with Gasteiger partial charge in [-0.3, -0.25) is 14.9 Å². The Bertz CT molecular complexity index is 938. The molecule has 8 heteroatoms. The van der Waals surface area contributed by atoms with Crippen LogP contribution in [-0.4, -0.2) is 27.2 Å². The number of hydrogen-bond acceptors (Lipinski definition) is 5. The van der Waals surface area contributed by atoms with Crippen molar-refractivity contribution in [2.75, 3.05) is 0 Å². The molecule has 0 aliphatic heterocycles. The third-order valence-corrected chi connectivity index (χ3v) is 3.78. The molecule has 0 aliphatic carbocycles. The van der Waals surface area contributed by atoms with Crippen molar-refractivity contribution in [2.24, 2.45) is 5.73 Å². The fraction of sp³-hybridized carbons (Fsp3) is 0.111. The van der Waals surface area contributed by atoms with Crippen molar-refractivity contribution in [3.05, 3.63) is 60.4 Å². The molecule has 0 bridgehead atoms. The topological polar surface area (TPSA) is 111 Å². The second-order valence-corrected chi connectivity index (χ2v) is 5.48. The smallest absolute Gasteiger partial charge is 0.376 e. The molecular formula is C18H15FN4O3. The van der Waals surface area contributed by atoms with Crippen LogP contribution in [0.15, 0.2) is 48.9 Å². The van der Waals surface area contributed by atoms with Crippen LogP contribution >= 0.6 is 0 Å². The zero-order valence-corrected chi connectivity index (χ0v) is 13.6. The monoisotopic (exact) mass is 354 g/mol. The zero-order valence-electron chi connectivity index (χ0n) is 13.6. The number of nitrogens with zero attached hydrogens (tertiary/aromatic N) is 2. The number of primary amides is 1. The van der Waals surface area contributed by atoms with Crippen molar-refractivity contribution in [3.8, 4) is 22.3 Å². The van der Waals surface area contributed by atoms with Crippen LogP contribution < -0.4 is 5.73 Å². The van der Waals surface area contributed by atoms with Crippen molar-refractivity contribution in [2.45, 2.75) is 12.8 Å². The lowest BCUT2D eigenvalue weighted by Gasteiger charge is -2.10. The molecule has 0 radical (unpaired) electrons. The number of H-pyrrole nitrogens is 1. The number of ether oxygens (including phenoxy) is 1. The van der Waals surface area contributed by atoms with E-state index in [2.05, 4.69) is 19.9 Å². The highest BCUT2D eigenvalue weighted by atomic mass is 19.1. The molecule has 0 fully saturated rings. The number of amides is 1. The van der Waals surface area contributed by atoms with E-state index in [1.54, 1.807) is 30.7 Å². The van der Waals surface area contributed by atoms with Crippen molar-refractivity contribution in [1.29, 1.82) is 0 Å². The molecule has 0 aliphatic rings. The number of carbonyl (C=O) groups is 2. The average Bonchev–Trinajstić information content (AvgIpc) is 3.08. The molecule has 3 N–H and O–H groups in total. The Morgan fingerprint density at radius 3 is 2.58 bits per heavy atom. The summed E-state index contributed by atoms with van der Waals surface area (Å²) in [5.41, 5.74) is 8.73. The van der Waals surface area contributed by atoms with E-state index < -0.39 is 12.1 Å². The average molecular weight is 354 g/mol. The molecule has 3 rings (SSSR count). The Morgan fingerprint density at radius 2 is 1.85 bits per heavy atom. The Balaban J connectivity index is 1.89. The van der Waals surface area contributed by atoms with Gasteiger partial charge in [-0.2, -0.15) is 5.10 Å². The van der Waals surface area contributed by atoms with E-state index in [1.807, 2.05) is 6.07 Å². The molecule has 132 valence electrons. The highest BCUT2D eigenvalue weighted by Gasteiger charge is 2.15. The van der Waals surface area contributed by atoms with Gasteiger partial charge in [0, 0.05) is 35.6 Å². The van der Waals surface area contributed by atoms with E-state index in [4.69, 9.17) is 5.73 Å². The van der Waals surface area contributed by atoms with Gasteiger partial charge in [0.25, 0.3) is 0 Å². The van der Waals surface area contributed by atoms with Gasteiger partial charge in [0.15, 0.2) is 0 Å². The van der Waals surface area contributed by atoms with Crippen LogP contribution in [0.4, 0.5) is 9.18 Å². The van der Waals surface area contributed by atoms with Crippen molar-refractivity contribution in [1.82, 2.24) is 15.2 Å². The lowest BCUT2D eigenvalue weighted by molar-refractivity contribution is -0.137. The third-order valence-electron chi connectivity index (χ3n) is 3.78. The van der Waals surface area contributed by atoms with Gasteiger partial charge in [0.2, 0.25) is 0 Å². The first kappa shape index (κ1) is 17.3. The number of aromatic nitrogens is 3. The second kappa shape index (κ2) is 7.56. The van der Waals surface area contributed by atoms with Gasteiger partial charge in [0.1, 0.15) is 5.82 Å². The van der Waals surface area contributed by atoms with Crippen LogP contribution in [0, 0.1) is 5.82 Å². The third kappa shape index (κ3) is 3.92. The van der Waals surface area contributed by atoms with Gasteiger partial charge >= 0.3 is 12.1 Å². The number of carbonyl (C=O) groups excluding carboxylic acids is 2. The standard InChI is InChI=1S/C18H15FN4O3/c19-12-3-1-11(2-4-12)14-9-21-8-7-13(14)15-10-22-23-16(15)5-6-17(24)26-18(20)25/h1-4,7-10H,5-6H2,(H2,20,25)(H,22,23). The number of halogens is 1. The normalized spacial score (nSPS) is 10.5. The van der Waals surface area contributed by atoms with Crippen LogP contribution in [0.25, 0.3) is 22.3 Å². The van der Waals surface area contributed by atoms with E-state index in [-0.39, 0.29) is 18.7 Å². The fourth-order valence-electron chi connectivity index (χ4n) is 2.61. The van der Waals surface area contributed by atoms with Gasteiger partial charge in [-0.25, -0.2) is 9.18 Å². The zero-order chi connectivity index (χ0) is 18.5. The summed E-state index contributed by atoms with van der Waals surface area (Å²) < 4.78 is 17.5. The van der Waals surface area contributed by atoms with Crippen molar-refractivity contribution < 1.29 is 18.7 Å². The summed E-state index contributed by atoms with van der Waals surface area (Å²) in [5.74, 6) is -1.04. The molecule has 0 saturated heterocycles. The molecule has 0 spiro atoms. The van der Waals surface area contributed by atoms with Crippen molar-refractivity contribution in [3.63, 3.8) is 0 Å². The molecule has 7 nitrogen and oxygen atoms in total. The molecule has 2 aromatic heterocycles. The Kier molecular flexibility index (Phi) is 5.02. The first-order valence-corrected chi connectivity index (χ1v) is 7.77. The Morgan fingerprint density at radius 1 is 1.08 bits per heavy atom. The highest BCUT2D eigenvalue weighted by Crippen LogP contribution is 2.33. The predicted octanol–water partition coefficient (Wildman–Crippen LogP) is 2.83. The molecule has 0 unspecified atom stereocenters. The molecule has 0 atom stereocenters. The summed E-state index contributed by atoms with van der Waals surface area (Å²) in [7, 11) is 0. The van der Waals surface area contributed by atoms with Gasteiger partial charge in [0.05, 0.1) is 12.6 Å². The first-order chi connectivity index (χ1) is 12.5. The van der Waals surface area contributed by atoms with Crippen LogP contribution in [0.3, 0.4) is 0 Å². The maximum Gasteiger partial charge on any atom is 0.412 e. The second-order valence-electron chi connectivity index (χ2n) is 5.48. The van der Waals surface area contributed by atoms with E-state index in [9.17, 15) is 14.0 Å². The van der Waals surface area contributed by atoms with Crippen LogP contribution in [-0.2, 0) is 16.0 Å². The molecule has 0 saturated carbocycles. The minimum absolute atomic E-state index is 0.0326. The van der Waals surface area contributed by atoms with Gasteiger partial charge < -0.3 is 10.5 Å². The lowest BCUT2D eigenvalue weighted by atomic mass is 9.96. The van der Waals surface area contributed by atoms with E-state index in [0.717, 1.165) is 22.3 Å². The Labute approximate surface area is 148 Å². The number of benzene rings is 1. The maximum atomic E-state index is 13.2. The number of rotatable bonds is 5. The summed E-state index contributed by atoms with van der Waals surface area (Å²) >= 11 is 0.